The second-order valence-electron chi connectivity index (χ2n) is 9.75. The molecule has 0 aliphatic heterocycles. The number of aliphatic hydroxyl groups is 1. The maximum Gasteiger partial charge on any atom is 0.407 e. The number of hydrogen-bond acceptors (Lipinski definition) is 4. The van der Waals surface area contributed by atoms with E-state index in [-0.39, 0.29) is 6.42 Å². The van der Waals surface area contributed by atoms with Gasteiger partial charge in [0.15, 0.2) is 0 Å². The van der Waals surface area contributed by atoms with Gasteiger partial charge in [-0.25, -0.2) is 4.79 Å². The molecule has 4 N–H and O–H groups in total. The molecule has 34 heavy (non-hydrogen) atoms. The van der Waals surface area contributed by atoms with Gasteiger partial charge in [-0.2, -0.15) is 0 Å². The van der Waals surface area contributed by atoms with Crippen molar-refractivity contribution in [3.8, 4) is 11.3 Å². The highest BCUT2D eigenvalue weighted by Crippen LogP contribution is 2.25. The molecule has 6 heteroatoms. The number of aromatic nitrogens is 1. The Morgan fingerprint density at radius 2 is 1.56 bits per heavy atom. The molecule has 0 aliphatic carbocycles. The van der Waals surface area contributed by atoms with Gasteiger partial charge in [0.2, 0.25) is 0 Å². The molecule has 0 bridgehead atoms. The van der Waals surface area contributed by atoms with E-state index in [1.165, 1.54) is 4.90 Å². The summed E-state index contributed by atoms with van der Waals surface area (Å²) in [4.78, 5) is 18.1. The van der Waals surface area contributed by atoms with Crippen LogP contribution in [0, 0.1) is 0 Å². The van der Waals surface area contributed by atoms with Gasteiger partial charge < -0.3 is 20.8 Å². The molecule has 0 unspecified atom stereocenters. The lowest BCUT2D eigenvalue weighted by Crippen LogP contribution is -2.54. The van der Waals surface area contributed by atoms with Crippen LogP contribution in [0.4, 0.5) is 4.79 Å². The number of amides is 1. The third-order valence-electron chi connectivity index (χ3n) is 6.00. The molecular formula is C28H35N3O3. The normalized spacial score (nSPS) is 14.3. The molecule has 0 aliphatic rings. The summed E-state index contributed by atoms with van der Waals surface area (Å²) in [5.74, 6) is 0. The lowest BCUT2D eigenvalue weighted by atomic mass is 9.90. The maximum absolute atomic E-state index is 12.3. The first-order chi connectivity index (χ1) is 16.1. The Bertz CT molecular complexity index is 1030. The first kappa shape index (κ1) is 25.4. The lowest BCUT2D eigenvalue weighted by molar-refractivity contribution is 0.0389. The predicted octanol–water partition coefficient (Wildman–Crippen LogP) is 4.76. The van der Waals surface area contributed by atoms with E-state index in [1.807, 2.05) is 93.6 Å². The second-order valence-corrected chi connectivity index (χ2v) is 9.75. The second kappa shape index (κ2) is 11.3. The minimum absolute atomic E-state index is 0.250. The van der Waals surface area contributed by atoms with Crippen LogP contribution in [-0.2, 0) is 12.8 Å². The van der Waals surface area contributed by atoms with Gasteiger partial charge in [0.25, 0.3) is 0 Å². The highest BCUT2D eigenvalue weighted by molar-refractivity contribution is 5.66. The van der Waals surface area contributed by atoms with Gasteiger partial charge in [-0.3, -0.25) is 4.98 Å². The minimum Gasteiger partial charge on any atom is -0.465 e. The summed E-state index contributed by atoms with van der Waals surface area (Å²) in [7, 11) is 0. The molecule has 0 radical (unpaired) electrons. The SMILES string of the molecule is CC(C)(C)N(C(=O)O)[C@@H](Cc1ccc(-c2ccccn2)cc1)C[C@H](O)[C@@H](N)Cc1ccccc1. The van der Waals surface area contributed by atoms with Crippen molar-refractivity contribution in [2.75, 3.05) is 0 Å². The number of carbonyl (C=O) groups is 1. The number of rotatable bonds is 9. The van der Waals surface area contributed by atoms with Crippen LogP contribution in [0.3, 0.4) is 0 Å². The van der Waals surface area contributed by atoms with Crippen molar-refractivity contribution in [1.82, 2.24) is 9.88 Å². The Labute approximate surface area is 202 Å². The fourth-order valence-electron chi connectivity index (χ4n) is 4.36. The molecule has 6 nitrogen and oxygen atoms in total. The summed E-state index contributed by atoms with van der Waals surface area (Å²) < 4.78 is 0. The number of nitrogens with zero attached hydrogens (tertiary/aromatic N) is 2. The van der Waals surface area contributed by atoms with E-state index in [0.29, 0.717) is 12.8 Å². The largest absolute Gasteiger partial charge is 0.465 e. The zero-order chi connectivity index (χ0) is 24.7. The van der Waals surface area contributed by atoms with Crippen LogP contribution < -0.4 is 5.73 Å². The monoisotopic (exact) mass is 461 g/mol. The summed E-state index contributed by atoms with van der Waals surface area (Å²) in [6.07, 6.45) is 1.15. The zero-order valence-corrected chi connectivity index (χ0v) is 20.1. The molecule has 2 aromatic carbocycles. The fourth-order valence-corrected chi connectivity index (χ4v) is 4.36. The van der Waals surface area contributed by atoms with E-state index in [4.69, 9.17) is 5.73 Å². The Morgan fingerprint density at radius 1 is 0.941 bits per heavy atom. The van der Waals surface area contributed by atoms with Crippen molar-refractivity contribution < 1.29 is 15.0 Å². The highest BCUT2D eigenvalue weighted by Gasteiger charge is 2.35. The Morgan fingerprint density at radius 3 is 2.12 bits per heavy atom. The highest BCUT2D eigenvalue weighted by atomic mass is 16.4. The molecular weight excluding hydrogens is 426 g/mol. The van der Waals surface area contributed by atoms with E-state index < -0.39 is 29.8 Å². The van der Waals surface area contributed by atoms with E-state index >= 15 is 0 Å². The Kier molecular flexibility index (Phi) is 8.42. The summed E-state index contributed by atoms with van der Waals surface area (Å²) in [6, 6.07) is 22.6. The maximum atomic E-state index is 12.3. The fraction of sp³-hybridized carbons (Fsp3) is 0.357. The molecule has 0 spiro atoms. The Balaban J connectivity index is 1.80. The number of aliphatic hydroxyl groups excluding tert-OH is 1. The topological polar surface area (TPSA) is 99.7 Å². The first-order valence-electron chi connectivity index (χ1n) is 11.7. The van der Waals surface area contributed by atoms with Gasteiger partial charge in [0.05, 0.1) is 11.8 Å². The van der Waals surface area contributed by atoms with Crippen LogP contribution in [0.25, 0.3) is 11.3 Å². The van der Waals surface area contributed by atoms with Crippen molar-refractivity contribution in [3.63, 3.8) is 0 Å². The van der Waals surface area contributed by atoms with Gasteiger partial charge in [-0.05, 0) is 63.3 Å². The first-order valence-corrected chi connectivity index (χ1v) is 11.7. The molecule has 3 rings (SSSR count). The van der Waals surface area contributed by atoms with Crippen molar-refractivity contribution in [1.29, 1.82) is 0 Å². The van der Waals surface area contributed by atoms with Crippen LogP contribution in [0.5, 0.6) is 0 Å². The van der Waals surface area contributed by atoms with Crippen molar-refractivity contribution in [2.45, 2.75) is 63.8 Å². The molecule has 180 valence electrons. The number of hydrogen-bond donors (Lipinski definition) is 3. The van der Waals surface area contributed by atoms with Crippen LogP contribution >= 0.6 is 0 Å². The Hall–Kier alpha value is -3.22. The minimum atomic E-state index is -1.01. The van der Waals surface area contributed by atoms with Gasteiger partial charge in [0.1, 0.15) is 0 Å². The molecule has 3 atom stereocenters. The van der Waals surface area contributed by atoms with Crippen molar-refractivity contribution >= 4 is 6.09 Å². The number of benzene rings is 2. The molecule has 3 aromatic rings. The molecule has 1 aromatic heterocycles. The van der Waals surface area contributed by atoms with Crippen LogP contribution in [0.2, 0.25) is 0 Å². The summed E-state index contributed by atoms with van der Waals surface area (Å²) in [5, 5.41) is 21.0. The van der Waals surface area contributed by atoms with Gasteiger partial charge >= 0.3 is 6.09 Å². The van der Waals surface area contributed by atoms with Crippen molar-refractivity contribution in [2.24, 2.45) is 5.73 Å². The molecule has 0 fully saturated rings. The number of nitrogens with two attached hydrogens (primary N) is 1. The summed E-state index contributed by atoms with van der Waals surface area (Å²) in [6.45, 7) is 5.61. The molecule has 1 amide bonds. The van der Waals surface area contributed by atoms with Crippen LogP contribution in [0.15, 0.2) is 79.0 Å². The van der Waals surface area contributed by atoms with Crippen LogP contribution in [-0.4, -0.2) is 49.9 Å². The van der Waals surface area contributed by atoms with Gasteiger partial charge in [-0.1, -0.05) is 60.7 Å². The predicted molar refractivity (Wildman–Crippen MR) is 136 cm³/mol. The van der Waals surface area contributed by atoms with E-state index in [9.17, 15) is 15.0 Å². The quantitative estimate of drug-likeness (QED) is 0.427. The number of pyridine rings is 1. The van der Waals surface area contributed by atoms with Gasteiger partial charge in [0, 0.05) is 29.4 Å². The average molecular weight is 462 g/mol. The number of carboxylic acid groups (broad SMARTS) is 1. The zero-order valence-electron chi connectivity index (χ0n) is 20.1. The van der Waals surface area contributed by atoms with Gasteiger partial charge in [-0.15, -0.1) is 0 Å². The smallest absolute Gasteiger partial charge is 0.407 e. The van der Waals surface area contributed by atoms with E-state index in [2.05, 4.69) is 4.98 Å². The summed E-state index contributed by atoms with van der Waals surface area (Å²) >= 11 is 0. The van der Waals surface area contributed by atoms with E-state index in [0.717, 1.165) is 22.4 Å². The van der Waals surface area contributed by atoms with E-state index in [1.54, 1.807) is 6.20 Å². The molecule has 1 heterocycles. The third kappa shape index (κ3) is 6.89. The third-order valence-corrected chi connectivity index (χ3v) is 6.00. The summed E-state index contributed by atoms with van der Waals surface area (Å²) in [5.41, 5.74) is 9.62. The molecule has 0 saturated heterocycles. The lowest BCUT2D eigenvalue weighted by Gasteiger charge is -2.41. The average Bonchev–Trinajstić information content (AvgIpc) is 2.79. The molecule has 0 saturated carbocycles. The van der Waals surface area contributed by atoms with Crippen molar-refractivity contribution in [3.05, 3.63) is 90.1 Å². The standard InChI is InChI=1S/C28H35N3O3/c1-28(2,3)31(27(33)34)23(19-26(32)24(29)18-20-9-5-4-6-10-20)17-21-12-14-22(15-13-21)25-11-7-8-16-30-25/h4-16,23-24,26,32H,17-19,29H2,1-3H3,(H,33,34)/t23-,24-,26-/m0/s1. The van der Waals surface area contributed by atoms with Crippen LogP contribution in [0.1, 0.15) is 38.3 Å².